The van der Waals surface area contributed by atoms with Gasteiger partial charge in [-0.25, -0.2) is 10.5 Å². The first kappa shape index (κ1) is 8.81. The lowest BCUT2D eigenvalue weighted by Gasteiger charge is -2.13. The van der Waals surface area contributed by atoms with E-state index in [9.17, 15) is 0 Å². The number of hydrogen-bond donors (Lipinski definition) is 2. The second-order valence-corrected chi connectivity index (χ2v) is 3.86. The van der Waals surface area contributed by atoms with Gasteiger partial charge in [0.2, 0.25) is 5.96 Å². The highest BCUT2D eigenvalue weighted by atomic mass is 16.7. The third-order valence-corrected chi connectivity index (χ3v) is 2.53. The van der Waals surface area contributed by atoms with Crippen LogP contribution in [-0.4, -0.2) is 24.7 Å². The number of nitrogens with zero attached hydrogens (tertiary/aromatic N) is 1. The van der Waals surface area contributed by atoms with Gasteiger partial charge in [0.25, 0.3) is 0 Å². The highest BCUT2D eigenvalue weighted by molar-refractivity contribution is 5.80. The van der Waals surface area contributed by atoms with E-state index in [2.05, 4.69) is 22.7 Å². The monoisotopic (exact) mass is 183 g/mol. The number of nitrogens with one attached hydrogen (secondary N) is 2. The van der Waals surface area contributed by atoms with Crippen LogP contribution in [0.3, 0.4) is 0 Å². The minimum absolute atomic E-state index is 0.389. The maximum atomic E-state index is 5.49. The standard InChI is InChI=1S/C9H17N3O/c1-7-6-10-9(11-7)12-13-8-4-2-3-5-8/h7-8H,2-6H2,1H3,(H2,10,11,12). The molecular formula is C9H17N3O. The van der Waals surface area contributed by atoms with Crippen LogP contribution in [0.1, 0.15) is 32.6 Å². The molecule has 1 saturated carbocycles. The Hall–Kier alpha value is -0.770. The van der Waals surface area contributed by atoms with Crippen molar-refractivity contribution in [2.45, 2.75) is 44.8 Å². The van der Waals surface area contributed by atoms with Crippen LogP contribution in [0.5, 0.6) is 0 Å². The summed E-state index contributed by atoms with van der Waals surface area (Å²) in [4.78, 5) is 9.74. The van der Waals surface area contributed by atoms with E-state index in [1.54, 1.807) is 0 Å². The van der Waals surface area contributed by atoms with Gasteiger partial charge in [0.1, 0.15) is 0 Å². The lowest BCUT2D eigenvalue weighted by atomic mass is 10.3. The first-order chi connectivity index (χ1) is 6.34. The summed E-state index contributed by atoms with van der Waals surface area (Å²) in [7, 11) is 0. The number of hydrogen-bond acceptors (Lipinski definition) is 4. The molecule has 0 bridgehead atoms. The summed E-state index contributed by atoms with van der Waals surface area (Å²) < 4.78 is 0. The molecule has 0 aromatic carbocycles. The van der Waals surface area contributed by atoms with Crippen LogP contribution in [0, 0.1) is 0 Å². The average molecular weight is 183 g/mol. The van der Waals surface area contributed by atoms with Gasteiger partial charge in [0.05, 0.1) is 12.6 Å². The zero-order chi connectivity index (χ0) is 9.10. The number of aliphatic imine (C=N–C) groups is 1. The van der Waals surface area contributed by atoms with Crippen molar-refractivity contribution in [3.8, 4) is 0 Å². The van der Waals surface area contributed by atoms with Crippen LogP contribution in [0.2, 0.25) is 0 Å². The summed E-state index contributed by atoms with van der Waals surface area (Å²) in [5.74, 6) is 0.791. The van der Waals surface area contributed by atoms with E-state index >= 15 is 0 Å². The summed E-state index contributed by atoms with van der Waals surface area (Å²) in [6.45, 7) is 2.95. The van der Waals surface area contributed by atoms with Crippen molar-refractivity contribution in [3.05, 3.63) is 0 Å². The first-order valence-corrected chi connectivity index (χ1v) is 5.07. The highest BCUT2D eigenvalue weighted by Crippen LogP contribution is 2.19. The molecule has 2 aliphatic rings. The fourth-order valence-electron chi connectivity index (χ4n) is 1.76. The molecule has 13 heavy (non-hydrogen) atoms. The second kappa shape index (κ2) is 3.96. The quantitative estimate of drug-likeness (QED) is 0.622. The zero-order valence-corrected chi connectivity index (χ0v) is 8.05. The van der Waals surface area contributed by atoms with Crippen LogP contribution >= 0.6 is 0 Å². The molecule has 0 aromatic rings. The Morgan fingerprint density at radius 3 is 2.85 bits per heavy atom. The molecule has 2 rings (SSSR count). The Morgan fingerprint density at radius 2 is 2.23 bits per heavy atom. The van der Waals surface area contributed by atoms with Gasteiger partial charge in [0, 0.05) is 6.04 Å². The largest absolute Gasteiger partial charge is 0.350 e. The Morgan fingerprint density at radius 1 is 1.46 bits per heavy atom. The summed E-state index contributed by atoms with van der Waals surface area (Å²) in [6.07, 6.45) is 5.33. The van der Waals surface area contributed by atoms with Crippen LogP contribution < -0.4 is 10.8 Å². The molecule has 0 saturated heterocycles. The van der Waals surface area contributed by atoms with Crippen molar-refractivity contribution < 1.29 is 4.84 Å². The van der Waals surface area contributed by atoms with E-state index in [1.165, 1.54) is 25.7 Å². The molecule has 74 valence electrons. The van der Waals surface area contributed by atoms with Crippen LogP contribution in [0.25, 0.3) is 0 Å². The Balaban J connectivity index is 1.67. The molecule has 1 aliphatic heterocycles. The van der Waals surface area contributed by atoms with Crippen molar-refractivity contribution in [2.75, 3.05) is 6.54 Å². The predicted molar refractivity (Wildman–Crippen MR) is 51.4 cm³/mol. The van der Waals surface area contributed by atoms with Gasteiger partial charge in [-0.1, -0.05) is 12.8 Å². The van der Waals surface area contributed by atoms with Crippen LogP contribution in [-0.2, 0) is 4.84 Å². The molecule has 2 N–H and O–H groups in total. The summed E-state index contributed by atoms with van der Waals surface area (Å²) in [5, 5.41) is 3.19. The molecule has 0 spiro atoms. The molecule has 1 fully saturated rings. The normalized spacial score (nSPS) is 28.7. The highest BCUT2D eigenvalue weighted by Gasteiger charge is 2.18. The van der Waals surface area contributed by atoms with Crippen LogP contribution in [0.15, 0.2) is 4.99 Å². The van der Waals surface area contributed by atoms with E-state index in [1.807, 2.05) is 0 Å². The van der Waals surface area contributed by atoms with Gasteiger partial charge >= 0.3 is 0 Å². The fourth-order valence-corrected chi connectivity index (χ4v) is 1.76. The SMILES string of the molecule is CC1CN=C(NOC2CCCC2)N1. The van der Waals surface area contributed by atoms with Crippen molar-refractivity contribution in [2.24, 2.45) is 4.99 Å². The van der Waals surface area contributed by atoms with Crippen molar-refractivity contribution in [3.63, 3.8) is 0 Å². The molecule has 4 heteroatoms. The number of hydroxylamine groups is 1. The van der Waals surface area contributed by atoms with Crippen molar-refractivity contribution in [1.82, 2.24) is 10.8 Å². The summed E-state index contributed by atoms with van der Waals surface area (Å²) in [6, 6.07) is 0.440. The minimum atomic E-state index is 0.389. The third kappa shape index (κ3) is 2.34. The number of rotatable bonds is 2. The van der Waals surface area contributed by atoms with Gasteiger partial charge < -0.3 is 5.32 Å². The van der Waals surface area contributed by atoms with E-state index in [-0.39, 0.29) is 0 Å². The Labute approximate surface area is 78.7 Å². The van der Waals surface area contributed by atoms with E-state index in [4.69, 9.17) is 4.84 Å². The van der Waals surface area contributed by atoms with Crippen LogP contribution in [0.4, 0.5) is 0 Å². The molecule has 1 aliphatic carbocycles. The molecular weight excluding hydrogens is 166 g/mol. The van der Waals surface area contributed by atoms with Crippen molar-refractivity contribution >= 4 is 5.96 Å². The topological polar surface area (TPSA) is 45.7 Å². The third-order valence-electron chi connectivity index (χ3n) is 2.53. The Kier molecular flexibility index (Phi) is 2.68. The van der Waals surface area contributed by atoms with Gasteiger partial charge in [0.15, 0.2) is 0 Å². The van der Waals surface area contributed by atoms with Gasteiger partial charge in [-0.05, 0) is 19.8 Å². The summed E-state index contributed by atoms with van der Waals surface area (Å²) >= 11 is 0. The Bertz CT molecular complexity index is 199. The molecule has 0 amide bonds. The van der Waals surface area contributed by atoms with Gasteiger partial charge in [-0.2, -0.15) is 0 Å². The predicted octanol–water partition coefficient (Wildman–Crippen LogP) is 0.798. The maximum Gasteiger partial charge on any atom is 0.216 e. The lowest BCUT2D eigenvalue weighted by molar-refractivity contribution is 0.0134. The molecule has 1 unspecified atom stereocenters. The maximum absolute atomic E-state index is 5.49. The van der Waals surface area contributed by atoms with E-state index < -0.39 is 0 Å². The molecule has 1 atom stereocenters. The smallest absolute Gasteiger partial charge is 0.216 e. The van der Waals surface area contributed by atoms with E-state index in [0.717, 1.165) is 12.5 Å². The first-order valence-electron chi connectivity index (χ1n) is 5.07. The molecule has 4 nitrogen and oxygen atoms in total. The van der Waals surface area contributed by atoms with Crippen molar-refractivity contribution in [1.29, 1.82) is 0 Å². The van der Waals surface area contributed by atoms with Gasteiger partial charge in [-0.15, -0.1) is 0 Å². The second-order valence-electron chi connectivity index (χ2n) is 3.86. The van der Waals surface area contributed by atoms with Gasteiger partial charge in [-0.3, -0.25) is 4.84 Å². The molecule has 0 aromatic heterocycles. The number of guanidine groups is 1. The van der Waals surface area contributed by atoms with E-state index in [0.29, 0.717) is 12.1 Å². The zero-order valence-electron chi connectivity index (χ0n) is 8.05. The minimum Gasteiger partial charge on any atom is -0.350 e. The average Bonchev–Trinajstić information content (AvgIpc) is 2.71. The fraction of sp³-hybridized carbons (Fsp3) is 0.889. The lowest BCUT2D eigenvalue weighted by Crippen LogP contribution is -2.39. The molecule has 1 heterocycles. The summed E-state index contributed by atoms with van der Waals surface area (Å²) in [5.41, 5.74) is 2.89. The molecule has 0 radical (unpaired) electrons.